The van der Waals surface area contributed by atoms with Crippen molar-refractivity contribution >= 4 is 17.4 Å². The number of nitrogens with zero attached hydrogens (tertiary/aromatic N) is 3. The van der Waals surface area contributed by atoms with E-state index in [1.807, 2.05) is 24.4 Å². The van der Waals surface area contributed by atoms with Crippen molar-refractivity contribution in [3.05, 3.63) is 54.6 Å². The van der Waals surface area contributed by atoms with Gasteiger partial charge in [0.25, 0.3) is 0 Å². The van der Waals surface area contributed by atoms with Gasteiger partial charge in [0.05, 0.1) is 11.7 Å². The maximum absolute atomic E-state index is 6.07. The van der Waals surface area contributed by atoms with Crippen LogP contribution >= 0.6 is 0 Å². The fourth-order valence-corrected chi connectivity index (χ4v) is 1.95. The highest BCUT2D eigenvalue weighted by Crippen LogP contribution is 2.20. The number of rotatable bonds is 5. The highest BCUT2D eigenvalue weighted by atomic mass is 15.2. The van der Waals surface area contributed by atoms with E-state index in [-0.39, 0.29) is 0 Å². The van der Waals surface area contributed by atoms with Crippen LogP contribution in [0, 0.1) is 0 Å². The average molecular weight is 267 g/mol. The lowest BCUT2D eigenvalue weighted by molar-refractivity contribution is 0.799. The summed E-state index contributed by atoms with van der Waals surface area (Å²) in [6.45, 7) is 3.85. The molecule has 1 aliphatic rings. The van der Waals surface area contributed by atoms with E-state index in [2.05, 4.69) is 22.0 Å². The highest BCUT2D eigenvalue weighted by Gasteiger charge is 2.20. The molecule has 2 aromatic heterocycles. The first kappa shape index (κ1) is 12.5. The molecule has 0 saturated heterocycles. The number of fused-ring (bicyclic) bond motifs is 1. The van der Waals surface area contributed by atoms with Crippen molar-refractivity contribution in [3.63, 3.8) is 0 Å². The van der Waals surface area contributed by atoms with Crippen molar-refractivity contribution in [2.45, 2.75) is 18.9 Å². The van der Waals surface area contributed by atoms with E-state index < -0.39 is 0 Å². The van der Waals surface area contributed by atoms with Gasteiger partial charge >= 0.3 is 0 Å². The number of hydrogen-bond acceptors (Lipinski definition) is 4. The zero-order valence-corrected chi connectivity index (χ0v) is 11.2. The van der Waals surface area contributed by atoms with Crippen LogP contribution in [0.3, 0.4) is 0 Å². The van der Waals surface area contributed by atoms with E-state index in [4.69, 9.17) is 5.73 Å². The van der Waals surface area contributed by atoms with Crippen LogP contribution in [0.15, 0.2) is 54.1 Å². The third kappa shape index (κ3) is 2.71. The Morgan fingerprint density at radius 3 is 3.15 bits per heavy atom. The minimum atomic E-state index is 0.556. The largest absolute Gasteiger partial charge is 0.398 e. The minimum Gasteiger partial charge on any atom is -0.398 e. The van der Waals surface area contributed by atoms with Crippen LogP contribution in [0.2, 0.25) is 0 Å². The molecule has 0 amide bonds. The summed E-state index contributed by atoms with van der Waals surface area (Å²) in [6, 6.07) is 6.43. The van der Waals surface area contributed by atoms with Crippen LogP contribution < -0.4 is 11.1 Å². The summed E-state index contributed by atoms with van der Waals surface area (Å²) in [5.74, 6) is 0.677. The average Bonchev–Trinajstić information content (AvgIpc) is 3.15. The molecule has 5 nitrogen and oxygen atoms in total. The van der Waals surface area contributed by atoms with Crippen LogP contribution in [0.5, 0.6) is 0 Å². The van der Waals surface area contributed by atoms with Gasteiger partial charge in [0, 0.05) is 29.7 Å². The fraction of sp³-hybridized carbons (Fsp3) is 0.200. The van der Waals surface area contributed by atoms with Gasteiger partial charge in [-0.3, -0.25) is 0 Å². The smallest absolute Gasteiger partial charge is 0.118 e. The van der Waals surface area contributed by atoms with Gasteiger partial charge in [-0.15, -0.1) is 0 Å². The Kier molecular flexibility index (Phi) is 3.25. The van der Waals surface area contributed by atoms with Gasteiger partial charge < -0.3 is 11.1 Å². The van der Waals surface area contributed by atoms with Crippen molar-refractivity contribution in [2.24, 2.45) is 10.7 Å². The first-order valence-corrected chi connectivity index (χ1v) is 6.62. The third-order valence-electron chi connectivity index (χ3n) is 3.17. The highest BCUT2D eigenvalue weighted by molar-refractivity contribution is 5.87. The lowest BCUT2D eigenvalue weighted by Gasteiger charge is -2.01. The summed E-state index contributed by atoms with van der Waals surface area (Å²) in [6.07, 6.45) is 9.49. The van der Waals surface area contributed by atoms with Crippen molar-refractivity contribution in [2.75, 3.05) is 0 Å². The second-order valence-corrected chi connectivity index (χ2v) is 4.85. The Balaban J connectivity index is 1.74. The number of hydrogen-bond donors (Lipinski definition) is 2. The zero-order chi connectivity index (χ0) is 13.9. The van der Waals surface area contributed by atoms with Crippen LogP contribution in [0.1, 0.15) is 18.4 Å². The van der Waals surface area contributed by atoms with Gasteiger partial charge in [-0.1, -0.05) is 12.6 Å². The number of allylic oxidation sites excluding steroid dienone is 1. The molecule has 1 saturated carbocycles. The number of nitrogens with two attached hydrogens (primary N) is 1. The Hall–Kier alpha value is -2.56. The second kappa shape index (κ2) is 5.21. The molecule has 20 heavy (non-hydrogen) atoms. The summed E-state index contributed by atoms with van der Waals surface area (Å²) < 4.78 is 1.79. The van der Waals surface area contributed by atoms with Gasteiger partial charge in [-0.05, 0) is 31.1 Å². The van der Waals surface area contributed by atoms with E-state index in [1.54, 1.807) is 23.0 Å². The molecule has 102 valence electrons. The van der Waals surface area contributed by atoms with Crippen molar-refractivity contribution in [1.29, 1.82) is 0 Å². The summed E-state index contributed by atoms with van der Waals surface area (Å²) in [5, 5.41) is 7.47. The number of aliphatic imine (C=N–C) groups is 1. The van der Waals surface area contributed by atoms with E-state index in [1.165, 1.54) is 12.8 Å². The molecule has 2 heterocycles. The third-order valence-corrected chi connectivity index (χ3v) is 3.17. The van der Waals surface area contributed by atoms with E-state index in [9.17, 15) is 0 Å². The monoisotopic (exact) mass is 267 g/mol. The predicted octanol–water partition coefficient (Wildman–Crippen LogP) is 1.93. The number of pyridine rings is 1. The van der Waals surface area contributed by atoms with Crippen molar-refractivity contribution < 1.29 is 0 Å². The molecule has 2 aromatic rings. The van der Waals surface area contributed by atoms with Gasteiger partial charge in [0.2, 0.25) is 0 Å². The minimum absolute atomic E-state index is 0.556. The first-order chi connectivity index (χ1) is 9.74. The molecular formula is C15H17N5. The molecule has 0 bridgehead atoms. The molecule has 5 heteroatoms. The molecule has 0 aromatic carbocycles. The zero-order valence-electron chi connectivity index (χ0n) is 11.2. The standard InChI is InChI=1S/C15H17N5/c1-11(19-12-5-6-12)17-8-7-14(16)13-10-18-20-9-3-2-4-15(13)20/h2-4,7-10,12,19H,1,5-6,16H2/b14-7-,17-8-. The van der Waals surface area contributed by atoms with Crippen molar-refractivity contribution in [3.8, 4) is 0 Å². The Labute approximate surface area is 117 Å². The molecule has 1 fully saturated rings. The molecule has 0 unspecified atom stereocenters. The predicted molar refractivity (Wildman–Crippen MR) is 81.1 cm³/mol. The first-order valence-electron chi connectivity index (χ1n) is 6.62. The van der Waals surface area contributed by atoms with Crippen LogP contribution in [-0.2, 0) is 0 Å². The van der Waals surface area contributed by atoms with Gasteiger partial charge in [-0.2, -0.15) is 5.10 Å². The number of aromatic nitrogens is 2. The van der Waals surface area contributed by atoms with Crippen LogP contribution in [0.25, 0.3) is 11.2 Å². The Bertz CT molecular complexity index is 691. The van der Waals surface area contributed by atoms with Gasteiger partial charge in [-0.25, -0.2) is 9.51 Å². The maximum Gasteiger partial charge on any atom is 0.118 e. The SMILES string of the molecule is C=C(/N=C\C=C(/N)c1cnn2ccccc12)NC1CC1. The molecule has 0 spiro atoms. The molecule has 0 radical (unpaired) electrons. The topological polar surface area (TPSA) is 67.7 Å². The molecule has 0 aliphatic heterocycles. The Morgan fingerprint density at radius 2 is 2.35 bits per heavy atom. The maximum atomic E-state index is 6.07. The second-order valence-electron chi connectivity index (χ2n) is 4.85. The lowest BCUT2D eigenvalue weighted by atomic mass is 10.2. The molecular weight excluding hydrogens is 250 g/mol. The summed E-state index contributed by atoms with van der Waals surface area (Å²) >= 11 is 0. The van der Waals surface area contributed by atoms with Gasteiger partial charge in [0.15, 0.2) is 0 Å². The summed E-state index contributed by atoms with van der Waals surface area (Å²) in [7, 11) is 0. The summed E-state index contributed by atoms with van der Waals surface area (Å²) in [5.41, 5.74) is 8.58. The van der Waals surface area contributed by atoms with Gasteiger partial charge in [0.1, 0.15) is 5.82 Å². The number of nitrogens with one attached hydrogen (secondary N) is 1. The summed E-state index contributed by atoms with van der Waals surface area (Å²) in [4.78, 5) is 4.22. The Morgan fingerprint density at radius 1 is 1.50 bits per heavy atom. The lowest BCUT2D eigenvalue weighted by Crippen LogP contribution is -2.12. The van der Waals surface area contributed by atoms with Crippen LogP contribution in [0.4, 0.5) is 0 Å². The van der Waals surface area contributed by atoms with Crippen LogP contribution in [-0.4, -0.2) is 21.9 Å². The molecule has 1 aliphatic carbocycles. The van der Waals surface area contributed by atoms with Crippen molar-refractivity contribution in [1.82, 2.24) is 14.9 Å². The van der Waals surface area contributed by atoms with E-state index in [0.717, 1.165) is 11.1 Å². The van der Waals surface area contributed by atoms with E-state index in [0.29, 0.717) is 17.6 Å². The fourth-order valence-electron chi connectivity index (χ4n) is 1.95. The normalized spacial score (nSPS) is 15.9. The molecule has 3 N–H and O–H groups in total. The molecule has 0 atom stereocenters. The van der Waals surface area contributed by atoms with E-state index >= 15 is 0 Å². The molecule has 3 rings (SSSR count). The quantitative estimate of drug-likeness (QED) is 0.813.